The van der Waals surface area contributed by atoms with Gasteiger partial charge in [0.25, 0.3) is 0 Å². The zero-order chi connectivity index (χ0) is 19.3. The molecule has 1 saturated carbocycles. The molecule has 0 aliphatic heterocycles. The Kier molecular flexibility index (Phi) is 8.07. The first kappa shape index (κ1) is 22.1. The minimum atomic E-state index is -1.36. The van der Waals surface area contributed by atoms with Gasteiger partial charge in [-0.25, -0.2) is 0 Å². The van der Waals surface area contributed by atoms with Crippen LogP contribution in [0.25, 0.3) is 0 Å². The van der Waals surface area contributed by atoms with Gasteiger partial charge in [-0.15, -0.1) is 0 Å². The van der Waals surface area contributed by atoms with Gasteiger partial charge in [-0.2, -0.15) is 0 Å². The van der Waals surface area contributed by atoms with Crippen molar-refractivity contribution in [3.05, 3.63) is 0 Å². The minimum absolute atomic E-state index is 0.0109. The number of hydrogen-bond acceptors (Lipinski definition) is 5. The quantitative estimate of drug-likeness (QED) is 0.396. The summed E-state index contributed by atoms with van der Waals surface area (Å²) in [5, 5.41) is 10.6. The number of esters is 1. The van der Waals surface area contributed by atoms with Gasteiger partial charge in [0.2, 0.25) is 0 Å². The van der Waals surface area contributed by atoms with Gasteiger partial charge >= 0.3 is 5.97 Å². The second kappa shape index (κ2) is 9.13. The molecule has 146 valence electrons. The molecule has 0 spiro atoms. The summed E-state index contributed by atoms with van der Waals surface area (Å²) in [6, 6.07) is -0.427. The lowest BCUT2D eigenvalue weighted by Gasteiger charge is -2.36. The Bertz CT molecular complexity index is 437. The van der Waals surface area contributed by atoms with Gasteiger partial charge in [-0.1, -0.05) is 46.0 Å². The molecule has 0 amide bonds. The maximum atomic E-state index is 12.7. The topological polar surface area (TPSA) is 89.6 Å². The van der Waals surface area contributed by atoms with Crippen molar-refractivity contribution < 1.29 is 19.4 Å². The van der Waals surface area contributed by atoms with Gasteiger partial charge in [-0.05, 0) is 45.4 Å². The Labute approximate surface area is 152 Å². The second-order valence-corrected chi connectivity index (χ2v) is 8.99. The lowest BCUT2D eigenvalue weighted by atomic mass is 9.72. The maximum absolute atomic E-state index is 12.7. The summed E-state index contributed by atoms with van der Waals surface area (Å²) < 4.78 is 5.46. The van der Waals surface area contributed by atoms with Crippen LogP contribution in [0.2, 0.25) is 0 Å². The monoisotopic (exact) mass is 355 g/mol. The molecular formula is C20H37NO4. The summed E-state index contributed by atoms with van der Waals surface area (Å²) in [6.45, 7) is 8.92. The summed E-state index contributed by atoms with van der Waals surface area (Å²) in [5.74, 6) is -0.324. The fourth-order valence-corrected chi connectivity index (χ4v) is 3.62. The predicted octanol–water partition coefficient (Wildman–Crippen LogP) is 3.22. The van der Waals surface area contributed by atoms with Crippen molar-refractivity contribution in [2.45, 2.75) is 97.3 Å². The van der Waals surface area contributed by atoms with Crippen LogP contribution in [0.5, 0.6) is 0 Å². The van der Waals surface area contributed by atoms with Gasteiger partial charge in [0.05, 0.1) is 6.10 Å². The Morgan fingerprint density at radius 3 is 2.24 bits per heavy atom. The molecule has 1 fully saturated rings. The zero-order valence-electron chi connectivity index (χ0n) is 16.6. The van der Waals surface area contributed by atoms with Crippen LogP contribution in [0.1, 0.15) is 79.6 Å². The van der Waals surface area contributed by atoms with Gasteiger partial charge in [-0.3, -0.25) is 4.79 Å². The first-order valence-electron chi connectivity index (χ1n) is 9.65. The molecule has 3 atom stereocenters. The number of ether oxygens (including phenoxy) is 1. The molecule has 25 heavy (non-hydrogen) atoms. The highest BCUT2D eigenvalue weighted by Gasteiger charge is 2.47. The summed E-state index contributed by atoms with van der Waals surface area (Å²) in [6.07, 6.45) is 6.49. The largest absolute Gasteiger partial charge is 0.459 e. The summed E-state index contributed by atoms with van der Waals surface area (Å²) in [7, 11) is 0. The van der Waals surface area contributed by atoms with Gasteiger partial charge in [0.1, 0.15) is 17.3 Å². The van der Waals surface area contributed by atoms with Crippen LogP contribution in [-0.4, -0.2) is 35.1 Å². The molecule has 0 heterocycles. The van der Waals surface area contributed by atoms with Crippen LogP contribution in [-0.2, 0) is 14.3 Å². The van der Waals surface area contributed by atoms with Crippen molar-refractivity contribution in [3.63, 3.8) is 0 Å². The zero-order valence-corrected chi connectivity index (χ0v) is 16.6. The van der Waals surface area contributed by atoms with Crippen molar-refractivity contribution in [2.75, 3.05) is 0 Å². The van der Waals surface area contributed by atoms with E-state index in [0.29, 0.717) is 12.2 Å². The first-order chi connectivity index (χ1) is 11.5. The van der Waals surface area contributed by atoms with Gasteiger partial charge < -0.3 is 20.4 Å². The standard InChI is InChI=1S/C20H37NO4/c1-14(2)20(13-22,18(24)25-19(3,4)5)12-17(23)16(21)11-15-9-7-6-8-10-15/h13-17,23H,6-12,21H2,1-5H3/t16-,17-,20+/m0/s1. The van der Waals surface area contributed by atoms with Crippen LogP contribution < -0.4 is 5.73 Å². The van der Waals surface area contributed by atoms with Crippen molar-refractivity contribution >= 4 is 12.3 Å². The Morgan fingerprint density at radius 2 is 1.80 bits per heavy atom. The molecule has 5 heteroatoms. The number of aldehydes is 1. The number of nitrogens with two attached hydrogens (primary N) is 1. The van der Waals surface area contributed by atoms with Crippen molar-refractivity contribution in [3.8, 4) is 0 Å². The molecule has 0 bridgehead atoms. The molecule has 0 aromatic rings. The summed E-state index contributed by atoms with van der Waals surface area (Å²) >= 11 is 0. The molecule has 1 aliphatic rings. The molecule has 0 saturated heterocycles. The van der Waals surface area contributed by atoms with E-state index in [1.165, 1.54) is 19.3 Å². The summed E-state index contributed by atoms with van der Waals surface area (Å²) in [5.41, 5.74) is 4.17. The SMILES string of the molecule is CC(C)[C@](C=O)(C[C@H](O)[C@@H](N)CC1CCCCC1)C(=O)OC(C)(C)C. The van der Waals surface area contributed by atoms with E-state index in [1.807, 2.05) is 0 Å². The Hall–Kier alpha value is -0.940. The lowest BCUT2D eigenvalue weighted by molar-refractivity contribution is -0.173. The van der Waals surface area contributed by atoms with Crippen LogP contribution in [0, 0.1) is 17.3 Å². The molecule has 0 aromatic carbocycles. The third-order valence-electron chi connectivity index (χ3n) is 5.39. The van der Waals surface area contributed by atoms with E-state index in [1.54, 1.807) is 34.6 Å². The Morgan fingerprint density at radius 1 is 1.24 bits per heavy atom. The van der Waals surface area contributed by atoms with Crippen molar-refractivity contribution in [2.24, 2.45) is 23.0 Å². The van der Waals surface area contributed by atoms with Crippen LogP contribution in [0.3, 0.4) is 0 Å². The second-order valence-electron chi connectivity index (χ2n) is 8.99. The number of carbonyl (C=O) groups is 2. The average molecular weight is 356 g/mol. The summed E-state index contributed by atoms with van der Waals surface area (Å²) in [4.78, 5) is 24.6. The molecular weight excluding hydrogens is 318 g/mol. The molecule has 3 N–H and O–H groups in total. The minimum Gasteiger partial charge on any atom is -0.459 e. The normalized spacial score (nSPS) is 21.4. The molecule has 1 rings (SSSR count). The maximum Gasteiger partial charge on any atom is 0.320 e. The third-order valence-corrected chi connectivity index (χ3v) is 5.39. The Balaban J connectivity index is 2.81. The van der Waals surface area contributed by atoms with E-state index in [2.05, 4.69) is 0 Å². The fraction of sp³-hybridized carbons (Fsp3) is 0.900. The van der Waals surface area contributed by atoms with E-state index < -0.39 is 29.1 Å². The van der Waals surface area contributed by atoms with E-state index in [0.717, 1.165) is 19.3 Å². The number of aliphatic hydroxyl groups is 1. The first-order valence-corrected chi connectivity index (χ1v) is 9.65. The molecule has 1 aliphatic carbocycles. The molecule has 0 radical (unpaired) electrons. The van der Waals surface area contributed by atoms with Gasteiger partial charge in [0, 0.05) is 6.04 Å². The average Bonchev–Trinajstić information content (AvgIpc) is 2.51. The molecule has 0 unspecified atom stereocenters. The van der Waals surface area contributed by atoms with E-state index in [4.69, 9.17) is 10.5 Å². The van der Waals surface area contributed by atoms with Crippen LogP contribution in [0.4, 0.5) is 0 Å². The predicted molar refractivity (Wildman–Crippen MR) is 99.0 cm³/mol. The molecule has 0 aromatic heterocycles. The number of rotatable bonds is 8. The van der Waals surface area contributed by atoms with Crippen molar-refractivity contribution in [1.82, 2.24) is 0 Å². The van der Waals surface area contributed by atoms with Crippen LogP contribution >= 0.6 is 0 Å². The number of carbonyl (C=O) groups excluding carboxylic acids is 2. The highest BCUT2D eigenvalue weighted by Crippen LogP contribution is 2.36. The highest BCUT2D eigenvalue weighted by molar-refractivity contribution is 5.93. The molecule has 5 nitrogen and oxygen atoms in total. The van der Waals surface area contributed by atoms with Crippen molar-refractivity contribution in [1.29, 1.82) is 0 Å². The highest BCUT2D eigenvalue weighted by atomic mass is 16.6. The fourth-order valence-electron chi connectivity index (χ4n) is 3.62. The van der Waals surface area contributed by atoms with Gasteiger partial charge in [0.15, 0.2) is 0 Å². The smallest absolute Gasteiger partial charge is 0.320 e. The van der Waals surface area contributed by atoms with E-state index in [-0.39, 0.29) is 12.3 Å². The third kappa shape index (κ3) is 6.37. The number of hydrogen-bond donors (Lipinski definition) is 2. The van der Waals surface area contributed by atoms with Crippen LogP contribution in [0.15, 0.2) is 0 Å². The lowest BCUT2D eigenvalue weighted by Crippen LogP contribution is -2.48. The number of aliphatic hydroxyl groups excluding tert-OH is 1. The van der Waals surface area contributed by atoms with E-state index in [9.17, 15) is 14.7 Å². The van der Waals surface area contributed by atoms with E-state index >= 15 is 0 Å².